The summed E-state index contributed by atoms with van der Waals surface area (Å²) in [6.45, 7) is 0. The number of hydrazine groups is 1. The van der Waals surface area contributed by atoms with E-state index in [0.29, 0.717) is 6.42 Å². The molecule has 0 atom stereocenters. The van der Waals surface area contributed by atoms with Crippen molar-refractivity contribution >= 4 is 17.7 Å². The second-order valence-electron chi connectivity index (χ2n) is 4.08. The van der Waals surface area contributed by atoms with Crippen molar-refractivity contribution in [3.05, 3.63) is 30.3 Å². The summed E-state index contributed by atoms with van der Waals surface area (Å²) in [5, 5.41) is 12.4. The number of nitrogens with zero attached hydrogens (tertiary/aromatic N) is 4. The van der Waals surface area contributed by atoms with Crippen LogP contribution in [0.1, 0.15) is 19.3 Å². The molecular weight excluding hydrogens is 276 g/mol. The molecule has 0 aliphatic heterocycles. The highest BCUT2D eigenvalue weighted by Gasteiger charge is 2.08. The van der Waals surface area contributed by atoms with Crippen molar-refractivity contribution in [3.8, 4) is 5.69 Å². The van der Waals surface area contributed by atoms with Crippen molar-refractivity contribution in [2.75, 3.05) is 5.75 Å². The SMILES string of the molecule is NNC(=O)CCCCSc1nnnn1-c1ccccc1. The van der Waals surface area contributed by atoms with Crippen LogP contribution >= 0.6 is 11.8 Å². The fourth-order valence-electron chi connectivity index (χ4n) is 1.62. The third-order valence-corrected chi connectivity index (χ3v) is 3.64. The van der Waals surface area contributed by atoms with Gasteiger partial charge in [0.2, 0.25) is 11.1 Å². The van der Waals surface area contributed by atoms with Crippen LogP contribution in [-0.2, 0) is 4.79 Å². The topological polar surface area (TPSA) is 98.7 Å². The van der Waals surface area contributed by atoms with Gasteiger partial charge in [-0.1, -0.05) is 30.0 Å². The molecule has 0 spiro atoms. The lowest BCUT2D eigenvalue weighted by atomic mass is 10.2. The summed E-state index contributed by atoms with van der Waals surface area (Å²) in [6.07, 6.45) is 2.14. The highest BCUT2D eigenvalue weighted by molar-refractivity contribution is 7.99. The molecule has 8 heteroatoms. The summed E-state index contributed by atoms with van der Waals surface area (Å²) in [4.78, 5) is 11.0. The lowest BCUT2D eigenvalue weighted by Crippen LogP contribution is -2.29. The van der Waals surface area contributed by atoms with Gasteiger partial charge >= 0.3 is 0 Å². The fourth-order valence-corrected chi connectivity index (χ4v) is 2.51. The Balaban J connectivity index is 1.83. The first-order valence-corrected chi connectivity index (χ1v) is 7.26. The summed E-state index contributed by atoms with van der Waals surface area (Å²) in [6, 6.07) is 9.73. The largest absolute Gasteiger partial charge is 0.294 e. The van der Waals surface area contributed by atoms with Crippen LogP contribution in [-0.4, -0.2) is 31.9 Å². The molecule has 2 rings (SSSR count). The van der Waals surface area contributed by atoms with E-state index >= 15 is 0 Å². The summed E-state index contributed by atoms with van der Waals surface area (Å²) in [7, 11) is 0. The van der Waals surface area contributed by atoms with Crippen molar-refractivity contribution in [2.45, 2.75) is 24.4 Å². The van der Waals surface area contributed by atoms with Gasteiger partial charge in [-0.15, -0.1) is 5.10 Å². The Kier molecular flexibility index (Phi) is 5.51. The quantitative estimate of drug-likeness (QED) is 0.259. The molecular formula is C12H16N6OS. The van der Waals surface area contributed by atoms with Gasteiger partial charge in [0, 0.05) is 12.2 Å². The average Bonchev–Trinajstić information content (AvgIpc) is 2.96. The molecule has 0 radical (unpaired) electrons. The van der Waals surface area contributed by atoms with E-state index in [-0.39, 0.29) is 5.91 Å². The van der Waals surface area contributed by atoms with Crippen molar-refractivity contribution in [1.82, 2.24) is 25.6 Å². The standard InChI is InChI=1S/C12H16N6OS/c13-14-11(19)8-4-5-9-20-12-15-16-17-18(12)10-6-2-1-3-7-10/h1-3,6-7H,4-5,8-9,13H2,(H,14,19). The number of hydrogen-bond donors (Lipinski definition) is 2. The number of para-hydroxylation sites is 1. The first-order chi connectivity index (χ1) is 9.81. The van der Waals surface area contributed by atoms with Crippen LogP contribution in [0.5, 0.6) is 0 Å². The molecule has 2 aromatic rings. The number of unbranched alkanes of at least 4 members (excludes halogenated alkanes) is 1. The lowest BCUT2D eigenvalue weighted by molar-refractivity contribution is -0.121. The van der Waals surface area contributed by atoms with E-state index < -0.39 is 0 Å². The first-order valence-electron chi connectivity index (χ1n) is 6.27. The predicted molar refractivity (Wildman–Crippen MR) is 76.1 cm³/mol. The normalized spacial score (nSPS) is 10.4. The second kappa shape index (κ2) is 7.61. The van der Waals surface area contributed by atoms with Gasteiger partial charge in [0.25, 0.3) is 0 Å². The molecule has 106 valence electrons. The summed E-state index contributed by atoms with van der Waals surface area (Å²) < 4.78 is 1.71. The van der Waals surface area contributed by atoms with Gasteiger partial charge in [0.05, 0.1) is 5.69 Å². The van der Waals surface area contributed by atoms with Gasteiger partial charge in [-0.2, -0.15) is 4.68 Å². The van der Waals surface area contributed by atoms with E-state index in [2.05, 4.69) is 21.0 Å². The molecule has 0 unspecified atom stereocenters. The van der Waals surface area contributed by atoms with Crippen LogP contribution in [0.25, 0.3) is 5.69 Å². The maximum absolute atomic E-state index is 11.0. The number of carbonyl (C=O) groups is 1. The van der Waals surface area contributed by atoms with Gasteiger partial charge in [-0.05, 0) is 35.4 Å². The van der Waals surface area contributed by atoms with Gasteiger partial charge in [-0.25, -0.2) is 5.84 Å². The minimum Gasteiger partial charge on any atom is -0.294 e. The number of thioether (sulfide) groups is 1. The van der Waals surface area contributed by atoms with Gasteiger partial charge in [0.15, 0.2) is 0 Å². The molecule has 0 saturated heterocycles. The molecule has 3 N–H and O–H groups in total. The summed E-state index contributed by atoms with van der Waals surface area (Å²) in [5.74, 6) is 5.73. The van der Waals surface area contributed by atoms with Crippen LogP contribution in [0, 0.1) is 0 Å². The third kappa shape index (κ3) is 4.04. The molecule has 20 heavy (non-hydrogen) atoms. The number of rotatable bonds is 7. The van der Waals surface area contributed by atoms with E-state index in [1.807, 2.05) is 30.3 Å². The number of aromatic nitrogens is 4. The van der Waals surface area contributed by atoms with Crippen LogP contribution < -0.4 is 11.3 Å². The Morgan fingerprint density at radius 2 is 2.10 bits per heavy atom. The van der Waals surface area contributed by atoms with Crippen molar-refractivity contribution < 1.29 is 4.79 Å². The van der Waals surface area contributed by atoms with Crippen LogP contribution in [0.4, 0.5) is 0 Å². The molecule has 0 aliphatic carbocycles. The Morgan fingerprint density at radius 1 is 1.30 bits per heavy atom. The van der Waals surface area contributed by atoms with Crippen LogP contribution in [0.15, 0.2) is 35.5 Å². The maximum atomic E-state index is 11.0. The Bertz CT molecular complexity index is 544. The number of nitrogens with one attached hydrogen (secondary N) is 1. The van der Waals surface area contributed by atoms with E-state index in [4.69, 9.17) is 5.84 Å². The molecule has 1 aromatic carbocycles. The van der Waals surface area contributed by atoms with Crippen molar-refractivity contribution in [3.63, 3.8) is 0 Å². The van der Waals surface area contributed by atoms with Crippen LogP contribution in [0.3, 0.4) is 0 Å². The van der Waals surface area contributed by atoms with E-state index in [9.17, 15) is 4.79 Å². The molecule has 1 amide bonds. The highest BCUT2D eigenvalue weighted by Crippen LogP contribution is 2.19. The van der Waals surface area contributed by atoms with E-state index in [1.165, 1.54) is 0 Å². The minimum absolute atomic E-state index is 0.135. The molecule has 0 fully saturated rings. The average molecular weight is 292 g/mol. The fraction of sp³-hybridized carbons (Fsp3) is 0.333. The molecule has 0 aliphatic rings. The molecule has 1 heterocycles. The number of nitrogens with two attached hydrogens (primary N) is 1. The van der Waals surface area contributed by atoms with Crippen molar-refractivity contribution in [2.24, 2.45) is 5.84 Å². The first kappa shape index (κ1) is 14.5. The monoisotopic (exact) mass is 292 g/mol. The number of carbonyl (C=O) groups excluding carboxylic acids is 1. The number of amides is 1. The van der Waals surface area contributed by atoms with Gasteiger partial charge < -0.3 is 0 Å². The molecule has 0 saturated carbocycles. The van der Waals surface area contributed by atoms with Gasteiger partial charge in [0.1, 0.15) is 0 Å². The molecule has 0 bridgehead atoms. The second-order valence-corrected chi connectivity index (χ2v) is 5.14. The Morgan fingerprint density at radius 3 is 2.85 bits per heavy atom. The Hall–Kier alpha value is -1.93. The predicted octanol–water partition coefficient (Wildman–Crippen LogP) is 0.915. The third-order valence-electron chi connectivity index (χ3n) is 2.63. The summed E-state index contributed by atoms with van der Waals surface area (Å²) >= 11 is 1.57. The zero-order valence-corrected chi connectivity index (χ0v) is 11.7. The van der Waals surface area contributed by atoms with Gasteiger partial charge in [-0.3, -0.25) is 10.2 Å². The molecule has 7 nitrogen and oxygen atoms in total. The van der Waals surface area contributed by atoms with Crippen LogP contribution in [0.2, 0.25) is 0 Å². The Labute approximate surface area is 120 Å². The number of tetrazole rings is 1. The zero-order valence-electron chi connectivity index (χ0n) is 10.9. The lowest BCUT2D eigenvalue weighted by Gasteiger charge is -2.03. The smallest absolute Gasteiger partial charge is 0.233 e. The molecule has 1 aromatic heterocycles. The number of benzene rings is 1. The van der Waals surface area contributed by atoms with E-state index in [0.717, 1.165) is 29.4 Å². The summed E-state index contributed by atoms with van der Waals surface area (Å²) in [5.41, 5.74) is 3.05. The van der Waals surface area contributed by atoms with Crippen molar-refractivity contribution in [1.29, 1.82) is 0 Å². The van der Waals surface area contributed by atoms with E-state index in [1.54, 1.807) is 16.4 Å². The zero-order chi connectivity index (χ0) is 14.2. The maximum Gasteiger partial charge on any atom is 0.233 e. The number of hydrogen-bond acceptors (Lipinski definition) is 6. The highest BCUT2D eigenvalue weighted by atomic mass is 32.2. The minimum atomic E-state index is -0.135.